The Morgan fingerprint density at radius 2 is 1.00 bits per heavy atom. The van der Waals surface area contributed by atoms with E-state index in [1.807, 2.05) is 0 Å². The van der Waals surface area contributed by atoms with E-state index in [1.54, 1.807) is 0 Å². The molecule has 5 nitrogen and oxygen atoms in total. The van der Waals surface area contributed by atoms with Crippen LogP contribution in [-0.4, -0.2) is 54.6 Å². The molecule has 0 aliphatic rings. The molecule has 0 unspecified atom stereocenters. The average molecular weight is 295 g/mol. The molecule has 0 atom stereocenters. The number of nitrogens with zero attached hydrogens (tertiary/aromatic N) is 1. The highest BCUT2D eigenvalue weighted by Crippen LogP contribution is 2.10. The molecule has 0 aromatic heterocycles. The first-order valence-corrected chi connectivity index (χ1v) is 9.14. The van der Waals surface area contributed by atoms with Gasteiger partial charge in [-0.05, 0) is 19.3 Å². The predicted octanol–water partition coefficient (Wildman–Crippen LogP) is 0.592. The Bertz CT molecular complexity index is 170. The Balaban J connectivity index is 0. The van der Waals surface area contributed by atoms with Gasteiger partial charge in [-0.25, -0.2) is 0 Å². The molecule has 6 heteroatoms. The lowest BCUT2D eigenvalue weighted by Gasteiger charge is -2.34. The summed E-state index contributed by atoms with van der Waals surface area (Å²) in [6.07, 6.45) is 8.20. The molecule has 0 bridgehead atoms. The fourth-order valence-electron chi connectivity index (χ4n) is 1.95. The molecule has 118 valence electrons. The number of hydrogen-bond acceptors (Lipinski definition) is 4. The lowest BCUT2D eigenvalue weighted by molar-refractivity contribution is -0.910. The molecule has 0 saturated carbocycles. The van der Waals surface area contributed by atoms with Crippen LogP contribution in [0.5, 0.6) is 0 Å². The SMILES string of the molecule is CCCC[N+](C)(CCCC)CCCC.[O-][Si](O)(O)O. The molecule has 0 heterocycles. The van der Waals surface area contributed by atoms with Crippen molar-refractivity contribution in [2.75, 3.05) is 26.7 Å². The maximum Gasteiger partial charge on any atom is 0.404 e. The van der Waals surface area contributed by atoms with Crippen molar-refractivity contribution in [1.82, 2.24) is 0 Å². The molecule has 0 radical (unpaired) electrons. The van der Waals surface area contributed by atoms with Crippen LogP contribution in [-0.2, 0) is 0 Å². The Hall–Kier alpha value is 0.0169. The Labute approximate surface area is 119 Å². The van der Waals surface area contributed by atoms with Crippen LogP contribution in [0.15, 0.2) is 0 Å². The van der Waals surface area contributed by atoms with Crippen LogP contribution in [0.4, 0.5) is 0 Å². The van der Waals surface area contributed by atoms with Crippen LogP contribution in [0, 0.1) is 0 Å². The Kier molecular flexibility index (Phi) is 13.3. The molecule has 0 spiro atoms. The van der Waals surface area contributed by atoms with Crippen LogP contribution in [0.2, 0.25) is 0 Å². The molecule has 0 rings (SSSR count). The summed E-state index contributed by atoms with van der Waals surface area (Å²) in [6.45, 7) is 11.0. The van der Waals surface area contributed by atoms with Gasteiger partial charge >= 0.3 is 9.05 Å². The molecule has 3 N–H and O–H groups in total. The first-order valence-electron chi connectivity index (χ1n) is 7.39. The average Bonchev–Trinajstić information content (AvgIpc) is 2.30. The van der Waals surface area contributed by atoms with Gasteiger partial charge in [-0.3, -0.25) is 0 Å². The van der Waals surface area contributed by atoms with Crippen LogP contribution < -0.4 is 4.80 Å². The number of quaternary nitrogens is 1. The minimum Gasteiger partial charge on any atom is -0.794 e. The van der Waals surface area contributed by atoms with Crippen molar-refractivity contribution in [2.24, 2.45) is 0 Å². The molecule has 0 amide bonds. The predicted molar refractivity (Wildman–Crippen MR) is 77.9 cm³/mol. The summed E-state index contributed by atoms with van der Waals surface area (Å²) in [7, 11) is -2.42. The molecule has 0 aromatic rings. The van der Waals surface area contributed by atoms with Crippen molar-refractivity contribution in [2.45, 2.75) is 59.3 Å². The number of unbranched alkanes of at least 4 members (excludes halogenated alkanes) is 3. The summed E-state index contributed by atoms with van der Waals surface area (Å²) in [5.74, 6) is 0. The summed E-state index contributed by atoms with van der Waals surface area (Å²) in [5, 5.41) is 0. The van der Waals surface area contributed by atoms with Crippen LogP contribution >= 0.6 is 0 Å². The van der Waals surface area contributed by atoms with Gasteiger partial charge in [0.15, 0.2) is 0 Å². The molecule has 0 aliphatic heterocycles. The van der Waals surface area contributed by atoms with E-state index in [2.05, 4.69) is 27.8 Å². The lowest BCUT2D eigenvalue weighted by Crippen LogP contribution is -2.50. The summed E-state index contributed by atoms with van der Waals surface area (Å²) in [6, 6.07) is 0. The van der Waals surface area contributed by atoms with Gasteiger partial charge in [0.1, 0.15) is 0 Å². The van der Waals surface area contributed by atoms with Crippen molar-refractivity contribution < 1.29 is 23.7 Å². The first kappa shape index (κ1) is 21.3. The maximum absolute atomic E-state index is 8.91. The molecule has 19 heavy (non-hydrogen) atoms. The monoisotopic (exact) mass is 295 g/mol. The molecule has 0 aliphatic carbocycles. The van der Waals surface area contributed by atoms with Gasteiger partial charge in [0.2, 0.25) is 0 Å². The van der Waals surface area contributed by atoms with E-state index >= 15 is 0 Å². The van der Waals surface area contributed by atoms with Gasteiger partial charge < -0.3 is 23.7 Å². The van der Waals surface area contributed by atoms with E-state index < -0.39 is 9.05 Å². The summed E-state index contributed by atoms with van der Waals surface area (Å²) < 4.78 is 1.32. The third-order valence-electron chi connectivity index (χ3n) is 3.15. The zero-order valence-corrected chi connectivity index (χ0v) is 14.1. The van der Waals surface area contributed by atoms with Crippen molar-refractivity contribution >= 4 is 9.05 Å². The topological polar surface area (TPSA) is 83.8 Å². The normalized spacial score (nSPS) is 12.0. The van der Waals surface area contributed by atoms with Gasteiger partial charge in [0, 0.05) is 0 Å². The second-order valence-corrected chi connectivity index (χ2v) is 6.57. The van der Waals surface area contributed by atoms with E-state index in [0.717, 1.165) is 0 Å². The van der Waals surface area contributed by atoms with E-state index in [-0.39, 0.29) is 0 Å². The van der Waals surface area contributed by atoms with E-state index in [9.17, 15) is 0 Å². The number of rotatable bonds is 9. The minimum atomic E-state index is -4.86. The zero-order valence-electron chi connectivity index (χ0n) is 13.1. The summed E-state index contributed by atoms with van der Waals surface area (Å²) >= 11 is 0. The largest absolute Gasteiger partial charge is 0.794 e. The minimum absolute atomic E-state index is 1.32. The standard InChI is InChI=1S/C13H30N.H3O4Si/c1-5-8-11-14(4,12-9-6-2)13-10-7-3;1-5(2,3)4/h5-13H2,1-4H3;1-3H/q+1;-1. The molecular weight excluding hydrogens is 262 g/mol. The molecular formula is C13H33NO4Si. The second-order valence-electron chi connectivity index (χ2n) is 5.42. The highest BCUT2D eigenvalue weighted by atomic mass is 28.4. The first-order chi connectivity index (χ1) is 8.68. The molecule has 0 saturated heterocycles. The second kappa shape index (κ2) is 11.8. The van der Waals surface area contributed by atoms with Gasteiger partial charge in [0.25, 0.3) is 0 Å². The van der Waals surface area contributed by atoms with Gasteiger partial charge in [-0.2, -0.15) is 0 Å². The summed E-state index contributed by atoms with van der Waals surface area (Å²) in [4.78, 5) is 30.6. The molecule has 0 fully saturated rings. The third kappa shape index (κ3) is 20.5. The maximum atomic E-state index is 8.91. The fourth-order valence-corrected chi connectivity index (χ4v) is 1.95. The number of hydrogen-bond donors (Lipinski definition) is 3. The molecule has 0 aromatic carbocycles. The van der Waals surface area contributed by atoms with E-state index in [0.29, 0.717) is 0 Å². The quantitative estimate of drug-likeness (QED) is 0.429. The highest BCUT2D eigenvalue weighted by Gasteiger charge is 2.18. The van der Waals surface area contributed by atoms with Crippen molar-refractivity contribution in [3.63, 3.8) is 0 Å². The lowest BCUT2D eigenvalue weighted by atomic mass is 10.2. The van der Waals surface area contributed by atoms with E-state index in [4.69, 9.17) is 19.2 Å². The summed E-state index contributed by atoms with van der Waals surface area (Å²) in [5.41, 5.74) is 0. The van der Waals surface area contributed by atoms with Crippen molar-refractivity contribution in [1.29, 1.82) is 0 Å². The van der Waals surface area contributed by atoms with Gasteiger partial charge in [-0.1, -0.05) is 40.0 Å². The zero-order chi connectivity index (χ0) is 15.4. The van der Waals surface area contributed by atoms with Crippen molar-refractivity contribution in [3.8, 4) is 0 Å². The van der Waals surface area contributed by atoms with Gasteiger partial charge in [-0.15, -0.1) is 0 Å². The smallest absolute Gasteiger partial charge is 0.404 e. The van der Waals surface area contributed by atoms with Gasteiger partial charge in [0.05, 0.1) is 26.7 Å². The van der Waals surface area contributed by atoms with Crippen LogP contribution in [0.1, 0.15) is 59.3 Å². The fraction of sp³-hybridized carbons (Fsp3) is 1.00. The van der Waals surface area contributed by atoms with Crippen molar-refractivity contribution in [3.05, 3.63) is 0 Å². The Morgan fingerprint density at radius 3 is 1.16 bits per heavy atom. The van der Waals surface area contributed by atoms with Crippen LogP contribution in [0.3, 0.4) is 0 Å². The van der Waals surface area contributed by atoms with E-state index in [1.165, 1.54) is 62.6 Å². The highest BCUT2D eigenvalue weighted by molar-refractivity contribution is 6.44. The third-order valence-corrected chi connectivity index (χ3v) is 3.15. The van der Waals surface area contributed by atoms with Crippen LogP contribution in [0.25, 0.3) is 0 Å². The Morgan fingerprint density at radius 1 is 0.789 bits per heavy atom.